The van der Waals surface area contributed by atoms with Crippen LogP contribution in [0, 0.1) is 0 Å². The van der Waals surface area contributed by atoms with Gasteiger partial charge >= 0.3 is 0 Å². The monoisotopic (exact) mass is 268 g/mol. The zero-order valence-corrected chi connectivity index (χ0v) is 10.9. The third-order valence-electron chi connectivity index (χ3n) is 2.97. The van der Waals surface area contributed by atoms with E-state index in [4.69, 9.17) is 0 Å². The quantitative estimate of drug-likeness (QED) is 0.810. The van der Waals surface area contributed by atoms with Crippen molar-refractivity contribution in [3.8, 4) is 0 Å². The van der Waals surface area contributed by atoms with Gasteiger partial charge in [0.05, 0.1) is 18.6 Å². The molecule has 2 atom stereocenters. The van der Waals surface area contributed by atoms with Crippen molar-refractivity contribution in [1.82, 2.24) is 10.2 Å². The number of nitrogens with zero attached hydrogens (tertiary/aromatic N) is 1. The number of amides is 2. The van der Waals surface area contributed by atoms with E-state index in [0.29, 0.717) is 13.0 Å². The fourth-order valence-electron chi connectivity index (χ4n) is 2.07. The Kier molecular flexibility index (Phi) is 3.98. The highest BCUT2D eigenvalue weighted by molar-refractivity contribution is 7.07. The van der Waals surface area contributed by atoms with E-state index in [1.165, 1.54) is 6.92 Å². The number of nitrogens with one attached hydrogen (secondary N) is 1. The lowest BCUT2D eigenvalue weighted by Crippen LogP contribution is -2.42. The van der Waals surface area contributed by atoms with E-state index >= 15 is 0 Å². The summed E-state index contributed by atoms with van der Waals surface area (Å²) in [6.07, 6.45) is -0.330. The van der Waals surface area contributed by atoms with Gasteiger partial charge in [0.1, 0.15) is 0 Å². The van der Waals surface area contributed by atoms with Crippen molar-refractivity contribution in [2.45, 2.75) is 25.5 Å². The summed E-state index contributed by atoms with van der Waals surface area (Å²) in [4.78, 5) is 24.6. The second kappa shape index (κ2) is 5.49. The molecule has 1 aliphatic heterocycles. The highest BCUT2D eigenvalue weighted by Gasteiger charge is 2.34. The number of β-amino-alcohol motifs (C(OH)–C–C–N with tert-alkyl or cyclic N) is 1. The van der Waals surface area contributed by atoms with Crippen LogP contribution in [0.2, 0.25) is 0 Å². The smallest absolute Gasteiger partial charge is 0.227 e. The fourth-order valence-corrected chi connectivity index (χ4v) is 2.74. The molecular formula is C12H16N2O3S. The molecule has 0 spiro atoms. The molecule has 1 saturated heterocycles. The molecule has 0 aliphatic carbocycles. The number of thiophene rings is 1. The summed E-state index contributed by atoms with van der Waals surface area (Å²) in [5, 5.41) is 16.3. The Morgan fingerprint density at radius 1 is 1.56 bits per heavy atom. The Morgan fingerprint density at radius 2 is 2.33 bits per heavy atom. The van der Waals surface area contributed by atoms with Crippen molar-refractivity contribution < 1.29 is 14.7 Å². The van der Waals surface area contributed by atoms with Gasteiger partial charge in [0, 0.05) is 20.0 Å². The summed E-state index contributed by atoms with van der Waals surface area (Å²) in [5.41, 5.74) is 0.988. The van der Waals surface area contributed by atoms with Gasteiger partial charge in [0.15, 0.2) is 0 Å². The first-order valence-corrected chi connectivity index (χ1v) is 6.74. The van der Waals surface area contributed by atoms with E-state index < -0.39 is 6.10 Å². The molecule has 2 rings (SSSR count). The molecule has 0 radical (unpaired) electrons. The molecule has 1 aromatic rings. The molecule has 0 aromatic carbocycles. The summed E-state index contributed by atoms with van der Waals surface area (Å²) in [6.45, 7) is 2.07. The number of rotatable bonds is 3. The predicted molar refractivity (Wildman–Crippen MR) is 68.2 cm³/mol. The molecule has 6 heteroatoms. The lowest BCUT2D eigenvalue weighted by Gasteiger charge is -2.16. The summed E-state index contributed by atoms with van der Waals surface area (Å²) in [5.74, 6) is -0.202. The standard InChI is InChI=1S/C12H16N2O3S/c1-8(15)13-10-5-14(6-11(10)16)12(17)4-9-2-3-18-7-9/h2-3,7,10-11,16H,4-6H2,1H3,(H,13,15)/t10-,11-/m1/s1. The van der Waals surface area contributed by atoms with E-state index in [9.17, 15) is 14.7 Å². The number of carbonyl (C=O) groups is 2. The molecule has 1 aromatic heterocycles. The van der Waals surface area contributed by atoms with E-state index in [-0.39, 0.29) is 24.4 Å². The van der Waals surface area contributed by atoms with Crippen molar-refractivity contribution in [3.05, 3.63) is 22.4 Å². The maximum Gasteiger partial charge on any atom is 0.227 e. The molecule has 0 bridgehead atoms. The van der Waals surface area contributed by atoms with Gasteiger partial charge in [-0.3, -0.25) is 9.59 Å². The van der Waals surface area contributed by atoms with Crippen LogP contribution >= 0.6 is 11.3 Å². The van der Waals surface area contributed by atoms with E-state index in [1.807, 2.05) is 16.8 Å². The lowest BCUT2D eigenvalue weighted by atomic mass is 10.2. The number of hydrogen-bond donors (Lipinski definition) is 2. The highest BCUT2D eigenvalue weighted by Crippen LogP contribution is 2.14. The normalized spacial score (nSPS) is 23.1. The maximum absolute atomic E-state index is 12.0. The summed E-state index contributed by atoms with van der Waals surface area (Å²) >= 11 is 1.56. The van der Waals surface area contributed by atoms with E-state index in [1.54, 1.807) is 16.2 Å². The van der Waals surface area contributed by atoms with Crippen LogP contribution in [0.3, 0.4) is 0 Å². The molecule has 1 aliphatic rings. The molecule has 1 fully saturated rings. The Labute approximate surface area is 109 Å². The van der Waals surface area contributed by atoms with Crippen LogP contribution in [0.15, 0.2) is 16.8 Å². The number of carbonyl (C=O) groups excluding carboxylic acids is 2. The van der Waals surface area contributed by atoms with Gasteiger partial charge < -0.3 is 15.3 Å². The SMILES string of the molecule is CC(=O)N[C@@H]1CN(C(=O)Cc2ccsc2)C[C@H]1O. The Bertz CT molecular complexity index is 433. The highest BCUT2D eigenvalue weighted by atomic mass is 32.1. The third kappa shape index (κ3) is 3.08. The van der Waals surface area contributed by atoms with Gasteiger partial charge in [-0.2, -0.15) is 11.3 Å². The zero-order valence-electron chi connectivity index (χ0n) is 10.1. The Balaban J connectivity index is 1.91. The number of hydrogen-bond acceptors (Lipinski definition) is 4. The largest absolute Gasteiger partial charge is 0.389 e. The molecule has 2 heterocycles. The first-order chi connectivity index (χ1) is 8.56. The average molecular weight is 268 g/mol. The molecular weight excluding hydrogens is 252 g/mol. The number of likely N-dealkylation sites (tertiary alicyclic amines) is 1. The minimum atomic E-state index is -0.680. The first-order valence-electron chi connectivity index (χ1n) is 5.80. The molecule has 18 heavy (non-hydrogen) atoms. The molecule has 2 amide bonds. The maximum atomic E-state index is 12.0. The lowest BCUT2D eigenvalue weighted by molar-refractivity contribution is -0.130. The van der Waals surface area contributed by atoms with Gasteiger partial charge in [0.2, 0.25) is 11.8 Å². The predicted octanol–water partition coefficient (Wildman–Crippen LogP) is -0.00160. The third-order valence-corrected chi connectivity index (χ3v) is 3.70. The van der Waals surface area contributed by atoms with Crippen molar-refractivity contribution in [3.63, 3.8) is 0 Å². The van der Waals surface area contributed by atoms with Crippen LogP contribution in [0.25, 0.3) is 0 Å². The Morgan fingerprint density at radius 3 is 2.94 bits per heavy atom. The molecule has 2 N–H and O–H groups in total. The van der Waals surface area contributed by atoms with Crippen molar-refractivity contribution in [1.29, 1.82) is 0 Å². The second-order valence-electron chi connectivity index (χ2n) is 4.48. The van der Waals surface area contributed by atoms with E-state index in [2.05, 4.69) is 5.32 Å². The van der Waals surface area contributed by atoms with Gasteiger partial charge in [-0.05, 0) is 22.4 Å². The van der Waals surface area contributed by atoms with Crippen LogP contribution in [0.4, 0.5) is 0 Å². The van der Waals surface area contributed by atoms with Gasteiger partial charge in [-0.25, -0.2) is 0 Å². The van der Waals surface area contributed by atoms with Gasteiger partial charge in [-0.15, -0.1) is 0 Å². The van der Waals surface area contributed by atoms with E-state index in [0.717, 1.165) is 5.56 Å². The van der Waals surface area contributed by atoms with Crippen LogP contribution in [0.5, 0.6) is 0 Å². The summed E-state index contributed by atoms with van der Waals surface area (Å²) < 4.78 is 0. The van der Waals surface area contributed by atoms with Crippen molar-refractivity contribution >= 4 is 23.2 Å². The van der Waals surface area contributed by atoms with Crippen LogP contribution in [0.1, 0.15) is 12.5 Å². The summed E-state index contributed by atoms with van der Waals surface area (Å²) in [7, 11) is 0. The molecule has 98 valence electrons. The van der Waals surface area contributed by atoms with Crippen molar-refractivity contribution in [2.75, 3.05) is 13.1 Å². The van der Waals surface area contributed by atoms with Crippen LogP contribution in [-0.2, 0) is 16.0 Å². The van der Waals surface area contributed by atoms with Crippen molar-refractivity contribution in [2.24, 2.45) is 0 Å². The number of aliphatic hydroxyl groups is 1. The van der Waals surface area contributed by atoms with Crippen LogP contribution in [-0.4, -0.2) is 47.1 Å². The number of aliphatic hydroxyl groups excluding tert-OH is 1. The fraction of sp³-hybridized carbons (Fsp3) is 0.500. The first kappa shape index (κ1) is 13.0. The molecule has 5 nitrogen and oxygen atoms in total. The van der Waals surface area contributed by atoms with Crippen LogP contribution < -0.4 is 5.32 Å². The van der Waals surface area contributed by atoms with Gasteiger partial charge in [0.25, 0.3) is 0 Å². The molecule has 0 saturated carbocycles. The Hall–Kier alpha value is -1.40. The molecule has 0 unspecified atom stereocenters. The van der Waals surface area contributed by atoms with Gasteiger partial charge in [-0.1, -0.05) is 0 Å². The topological polar surface area (TPSA) is 69.6 Å². The average Bonchev–Trinajstić information content (AvgIpc) is 2.89. The zero-order chi connectivity index (χ0) is 13.1. The summed E-state index contributed by atoms with van der Waals surface area (Å²) in [6, 6.07) is 1.56. The minimum absolute atomic E-state index is 0.0136. The minimum Gasteiger partial charge on any atom is -0.389 e. The second-order valence-corrected chi connectivity index (χ2v) is 5.26.